The van der Waals surface area contributed by atoms with E-state index in [2.05, 4.69) is 10.2 Å². The van der Waals surface area contributed by atoms with Crippen molar-refractivity contribution in [2.45, 2.75) is 26.4 Å². The van der Waals surface area contributed by atoms with Crippen LogP contribution in [0.2, 0.25) is 5.02 Å². The van der Waals surface area contributed by atoms with E-state index < -0.39 is 6.10 Å². The zero-order valence-electron chi connectivity index (χ0n) is 19.8. The summed E-state index contributed by atoms with van der Waals surface area (Å²) in [5, 5.41) is 8.24. The van der Waals surface area contributed by atoms with Crippen LogP contribution in [0, 0.1) is 6.92 Å². The number of Topliss-reactive ketones (excluding diaryl/α,β-unsaturated/α-hetero) is 1. The van der Waals surface area contributed by atoms with Crippen LogP contribution in [0.1, 0.15) is 41.5 Å². The maximum Gasteiger partial charge on any atom is 0.247 e. The van der Waals surface area contributed by atoms with Crippen molar-refractivity contribution in [1.29, 1.82) is 0 Å². The van der Waals surface area contributed by atoms with E-state index in [0.717, 1.165) is 12.0 Å². The van der Waals surface area contributed by atoms with Crippen LogP contribution in [0.4, 0.5) is 0 Å². The predicted octanol–water partition coefficient (Wildman–Crippen LogP) is 6.33. The zero-order valence-corrected chi connectivity index (χ0v) is 20.6. The number of aryl methyl sites for hydroxylation is 1. The fourth-order valence-corrected chi connectivity index (χ4v) is 3.80. The summed E-state index contributed by atoms with van der Waals surface area (Å²) in [6.45, 7) is 4.13. The van der Waals surface area contributed by atoms with E-state index in [1.807, 2.05) is 31.2 Å². The van der Waals surface area contributed by atoms with Gasteiger partial charge >= 0.3 is 0 Å². The minimum absolute atomic E-state index is 0.172. The molecular weight excluding hydrogens is 472 g/mol. The van der Waals surface area contributed by atoms with Gasteiger partial charge in [-0.25, -0.2) is 0 Å². The molecule has 0 N–H and O–H groups in total. The van der Waals surface area contributed by atoms with Crippen molar-refractivity contribution in [3.63, 3.8) is 0 Å². The highest BCUT2D eigenvalue weighted by Crippen LogP contribution is 2.39. The first-order chi connectivity index (χ1) is 16.9. The molecule has 4 rings (SSSR count). The average molecular weight is 497 g/mol. The van der Waals surface area contributed by atoms with Crippen molar-refractivity contribution in [1.82, 2.24) is 10.2 Å². The molecule has 0 aliphatic rings. The quantitative estimate of drug-likeness (QED) is 0.235. The molecule has 1 unspecified atom stereocenters. The van der Waals surface area contributed by atoms with E-state index in [9.17, 15) is 4.79 Å². The van der Waals surface area contributed by atoms with Crippen LogP contribution in [0.3, 0.4) is 0 Å². The second kappa shape index (κ2) is 10.8. The summed E-state index contributed by atoms with van der Waals surface area (Å²) in [6, 6.07) is 14.0. The van der Waals surface area contributed by atoms with Gasteiger partial charge in [-0.15, -0.1) is 10.2 Å². The Bertz CT molecular complexity index is 1290. The van der Waals surface area contributed by atoms with E-state index in [4.69, 9.17) is 34.6 Å². The number of carbonyl (C=O) groups excluding carboxylic acids is 1. The Morgan fingerprint density at radius 1 is 0.971 bits per heavy atom. The third kappa shape index (κ3) is 5.23. The van der Waals surface area contributed by atoms with Gasteiger partial charge in [0.1, 0.15) is 28.4 Å². The van der Waals surface area contributed by atoms with Crippen molar-refractivity contribution in [3.05, 3.63) is 70.8 Å². The van der Waals surface area contributed by atoms with Crippen LogP contribution in [0.25, 0.3) is 22.8 Å². The van der Waals surface area contributed by atoms with Gasteiger partial charge in [0.05, 0.1) is 14.2 Å². The molecule has 0 bridgehead atoms. The molecule has 0 saturated carbocycles. The van der Waals surface area contributed by atoms with Crippen LogP contribution in [0.5, 0.6) is 11.5 Å². The number of rotatable bonds is 10. The van der Waals surface area contributed by atoms with Gasteiger partial charge in [0, 0.05) is 24.7 Å². The topological polar surface area (TPSA) is 96.8 Å². The molecule has 9 heteroatoms. The van der Waals surface area contributed by atoms with Crippen LogP contribution in [-0.4, -0.2) is 36.8 Å². The Labute approximate surface area is 207 Å². The van der Waals surface area contributed by atoms with Gasteiger partial charge in [-0.05, 0) is 48.4 Å². The Kier molecular flexibility index (Phi) is 7.53. The monoisotopic (exact) mass is 496 g/mol. The average Bonchev–Trinajstić information content (AvgIpc) is 3.54. The number of methoxy groups -OCH3 is 2. The molecule has 182 valence electrons. The maximum absolute atomic E-state index is 13.4. The van der Waals surface area contributed by atoms with Crippen molar-refractivity contribution in [3.8, 4) is 34.3 Å². The van der Waals surface area contributed by atoms with Crippen LogP contribution in [0.15, 0.2) is 57.4 Å². The van der Waals surface area contributed by atoms with E-state index in [1.165, 1.54) is 14.2 Å². The third-order valence-electron chi connectivity index (χ3n) is 5.29. The van der Waals surface area contributed by atoms with Crippen molar-refractivity contribution in [2.75, 3.05) is 20.8 Å². The maximum atomic E-state index is 13.4. The summed E-state index contributed by atoms with van der Waals surface area (Å²) < 4.78 is 28.0. The number of halogens is 1. The van der Waals surface area contributed by atoms with E-state index in [0.29, 0.717) is 51.8 Å². The second-order valence-electron chi connectivity index (χ2n) is 7.72. The predicted molar refractivity (Wildman–Crippen MR) is 130 cm³/mol. The van der Waals surface area contributed by atoms with E-state index in [-0.39, 0.29) is 11.5 Å². The van der Waals surface area contributed by atoms with Gasteiger partial charge in [-0.1, -0.05) is 30.7 Å². The summed E-state index contributed by atoms with van der Waals surface area (Å²) in [6.07, 6.45) is -0.0709. The summed E-state index contributed by atoms with van der Waals surface area (Å²) in [5.74, 6) is 2.11. The minimum Gasteiger partial charge on any atom is -0.495 e. The molecule has 0 fully saturated rings. The Hall–Kier alpha value is -3.62. The van der Waals surface area contributed by atoms with Crippen LogP contribution < -0.4 is 9.47 Å². The number of nitrogens with zero attached hydrogens (tertiary/aromatic N) is 2. The van der Waals surface area contributed by atoms with Gasteiger partial charge in [0.25, 0.3) is 0 Å². The molecule has 0 spiro atoms. The van der Waals surface area contributed by atoms with Gasteiger partial charge in [-0.2, -0.15) is 0 Å². The van der Waals surface area contributed by atoms with Crippen LogP contribution in [-0.2, 0) is 4.74 Å². The largest absolute Gasteiger partial charge is 0.495 e. The van der Waals surface area contributed by atoms with Gasteiger partial charge < -0.3 is 23.0 Å². The molecular formula is C26H25ClN2O6. The summed E-state index contributed by atoms with van der Waals surface area (Å²) in [4.78, 5) is 13.4. The number of carbonyl (C=O) groups is 1. The number of ketones is 1. The lowest BCUT2D eigenvalue weighted by atomic mass is 10.0. The molecule has 0 amide bonds. The van der Waals surface area contributed by atoms with Crippen LogP contribution >= 0.6 is 11.6 Å². The van der Waals surface area contributed by atoms with Gasteiger partial charge in [0.2, 0.25) is 17.6 Å². The van der Waals surface area contributed by atoms with Gasteiger partial charge in [0.15, 0.2) is 5.76 Å². The van der Waals surface area contributed by atoms with E-state index in [1.54, 1.807) is 31.2 Å². The summed E-state index contributed by atoms with van der Waals surface area (Å²) in [5.41, 5.74) is 2.10. The molecule has 2 aromatic heterocycles. The zero-order chi connectivity index (χ0) is 24.9. The molecule has 2 aromatic carbocycles. The molecule has 35 heavy (non-hydrogen) atoms. The smallest absolute Gasteiger partial charge is 0.247 e. The minimum atomic E-state index is -0.832. The molecule has 8 nitrogen and oxygen atoms in total. The lowest BCUT2D eigenvalue weighted by Gasteiger charge is -2.16. The molecule has 2 heterocycles. The first kappa shape index (κ1) is 24.5. The molecule has 0 radical (unpaired) electrons. The van der Waals surface area contributed by atoms with Crippen molar-refractivity contribution >= 4 is 17.4 Å². The number of furan rings is 1. The Morgan fingerprint density at radius 2 is 1.66 bits per heavy atom. The SMILES string of the molecule is CCCOC(C(=O)c1ccc(-c2cc(OC)c(Cl)c(OC)c2)o1)c1ccc(-c2nnc(C)o2)cc1. The second-order valence-corrected chi connectivity index (χ2v) is 8.10. The normalized spacial score (nSPS) is 11.9. The molecule has 1 atom stereocenters. The highest BCUT2D eigenvalue weighted by atomic mass is 35.5. The highest BCUT2D eigenvalue weighted by Gasteiger charge is 2.26. The molecule has 0 aliphatic heterocycles. The molecule has 0 aliphatic carbocycles. The third-order valence-corrected chi connectivity index (χ3v) is 5.66. The first-order valence-electron chi connectivity index (χ1n) is 11.0. The Balaban J connectivity index is 1.62. The summed E-state index contributed by atoms with van der Waals surface area (Å²) in [7, 11) is 3.03. The van der Waals surface area contributed by atoms with Crippen molar-refractivity contribution in [2.24, 2.45) is 0 Å². The fraction of sp³-hybridized carbons (Fsp3) is 0.269. The number of benzene rings is 2. The fourth-order valence-electron chi connectivity index (χ4n) is 3.54. The first-order valence-corrected chi connectivity index (χ1v) is 11.4. The van der Waals surface area contributed by atoms with Crippen molar-refractivity contribution < 1.29 is 27.8 Å². The Morgan fingerprint density at radius 3 is 2.23 bits per heavy atom. The summed E-state index contributed by atoms with van der Waals surface area (Å²) >= 11 is 6.27. The molecule has 0 saturated heterocycles. The lowest BCUT2D eigenvalue weighted by Crippen LogP contribution is -2.16. The number of ether oxygens (including phenoxy) is 3. The standard InChI is InChI=1S/C26H25ClN2O6/c1-5-12-33-25(16-6-8-17(9-7-16)26-29-28-15(2)34-26)24(30)20-11-10-19(35-20)18-13-21(31-3)23(27)22(14-18)32-4/h6-11,13-14,25H,5,12H2,1-4H3. The lowest BCUT2D eigenvalue weighted by molar-refractivity contribution is 0.0385. The molecule has 4 aromatic rings. The van der Waals surface area contributed by atoms with Gasteiger partial charge in [-0.3, -0.25) is 4.79 Å². The van der Waals surface area contributed by atoms with E-state index >= 15 is 0 Å². The number of aromatic nitrogens is 2. The highest BCUT2D eigenvalue weighted by molar-refractivity contribution is 6.33. The number of hydrogen-bond donors (Lipinski definition) is 0. The number of hydrogen-bond acceptors (Lipinski definition) is 8.